The highest BCUT2D eigenvalue weighted by Gasteiger charge is 2.24. The molecule has 1 aliphatic rings. The zero-order chi connectivity index (χ0) is 21.5. The van der Waals surface area contributed by atoms with Crippen LogP contribution in [0.3, 0.4) is 0 Å². The lowest BCUT2D eigenvalue weighted by Gasteiger charge is -2.20. The maximum absolute atomic E-state index is 14.4. The van der Waals surface area contributed by atoms with Gasteiger partial charge in [-0.15, -0.1) is 0 Å². The second-order valence-electron chi connectivity index (χ2n) is 7.75. The second kappa shape index (κ2) is 7.59. The number of halogens is 1. The molecule has 0 bridgehead atoms. The van der Waals surface area contributed by atoms with E-state index in [2.05, 4.69) is 30.5 Å². The number of nitrogens with one attached hydrogen (secondary N) is 2. The number of aromatic nitrogens is 4. The molecule has 0 saturated carbocycles. The lowest BCUT2D eigenvalue weighted by atomic mass is 10.1. The van der Waals surface area contributed by atoms with E-state index in [-0.39, 0.29) is 11.6 Å². The molecule has 0 aliphatic carbocycles. The second-order valence-corrected chi connectivity index (χ2v) is 7.75. The first kappa shape index (κ1) is 19.4. The average molecular weight is 419 g/mol. The fourth-order valence-corrected chi connectivity index (χ4v) is 4.14. The molecule has 1 aromatic carbocycles. The molecule has 9 heteroatoms. The van der Waals surface area contributed by atoms with Crippen LogP contribution in [0.5, 0.6) is 0 Å². The number of imidazole rings is 1. The van der Waals surface area contributed by atoms with E-state index in [0.717, 1.165) is 25.2 Å². The Morgan fingerprint density at radius 3 is 2.77 bits per heavy atom. The van der Waals surface area contributed by atoms with E-state index in [0.29, 0.717) is 34.0 Å². The molecule has 4 aromatic rings. The van der Waals surface area contributed by atoms with Crippen molar-refractivity contribution in [2.45, 2.75) is 19.4 Å². The molecule has 1 atom stereocenters. The number of hydrogen-bond acceptors (Lipinski definition) is 6. The van der Waals surface area contributed by atoms with Crippen LogP contribution in [0.1, 0.15) is 22.5 Å². The Morgan fingerprint density at radius 2 is 2.00 bits per heavy atom. The maximum atomic E-state index is 14.4. The standard InChI is InChI=1S/C22H22FN7O/c1-13-10-30-12-15(9-17(23)21(30)27-13)28-22(31)16-3-4-18(20-19(16)25-6-7-26-20)29-8-5-14(11-29)24-2/h3-4,6-7,9-10,12,14,24H,5,8,11H2,1-2H3,(H,28,31)/t14-/m1/s1. The van der Waals surface area contributed by atoms with E-state index in [1.165, 1.54) is 6.07 Å². The first-order chi connectivity index (χ1) is 15.0. The van der Waals surface area contributed by atoms with E-state index < -0.39 is 5.82 Å². The van der Waals surface area contributed by atoms with E-state index in [9.17, 15) is 9.18 Å². The van der Waals surface area contributed by atoms with Gasteiger partial charge in [0.25, 0.3) is 5.91 Å². The summed E-state index contributed by atoms with van der Waals surface area (Å²) in [6.45, 7) is 3.57. The van der Waals surface area contributed by atoms with Crippen LogP contribution < -0.4 is 15.5 Å². The van der Waals surface area contributed by atoms with Crippen LogP contribution in [-0.2, 0) is 0 Å². The fourth-order valence-electron chi connectivity index (χ4n) is 4.14. The van der Waals surface area contributed by atoms with Crippen LogP contribution in [0.2, 0.25) is 0 Å². The van der Waals surface area contributed by atoms with Gasteiger partial charge >= 0.3 is 0 Å². The summed E-state index contributed by atoms with van der Waals surface area (Å²) in [5.41, 5.74) is 3.80. The summed E-state index contributed by atoms with van der Waals surface area (Å²) in [6.07, 6.45) is 7.59. The number of anilines is 2. The van der Waals surface area contributed by atoms with Gasteiger partial charge in [0, 0.05) is 50.0 Å². The van der Waals surface area contributed by atoms with Crippen molar-refractivity contribution in [3.8, 4) is 0 Å². The third-order valence-electron chi connectivity index (χ3n) is 5.67. The molecule has 1 amide bonds. The number of benzene rings is 1. The van der Waals surface area contributed by atoms with E-state index in [1.54, 1.807) is 42.2 Å². The summed E-state index contributed by atoms with van der Waals surface area (Å²) in [6, 6.07) is 5.35. The molecule has 0 radical (unpaired) electrons. The van der Waals surface area contributed by atoms with Crippen molar-refractivity contribution in [1.29, 1.82) is 0 Å². The van der Waals surface area contributed by atoms with E-state index in [4.69, 9.17) is 0 Å². The monoisotopic (exact) mass is 419 g/mol. The van der Waals surface area contributed by atoms with Crippen LogP contribution in [0, 0.1) is 12.7 Å². The molecule has 1 fully saturated rings. The zero-order valence-corrected chi connectivity index (χ0v) is 17.3. The van der Waals surface area contributed by atoms with Gasteiger partial charge in [-0.2, -0.15) is 0 Å². The minimum atomic E-state index is -0.501. The predicted molar refractivity (Wildman–Crippen MR) is 117 cm³/mol. The minimum absolute atomic E-state index is 0.224. The normalized spacial score (nSPS) is 16.4. The largest absolute Gasteiger partial charge is 0.368 e. The molecule has 5 rings (SSSR count). The number of pyridine rings is 1. The average Bonchev–Trinajstić information content (AvgIpc) is 3.39. The van der Waals surface area contributed by atoms with Crippen molar-refractivity contribution in [1.82, 2.24) is 24.7 Å². The Labute approximate surface area is 178 Å². The molecule has 1 aliphatic heterocycles. The Kier molecular flexibility index (Phi) is 4.74. The number of carbonyl (C=O) groups excluding carboxylic acids is 1. The molecule has 2 N–H and O–H groups in total. The number of carbonyl (C=O) groups is 1. The van der Waals surface area contributed by atoms with Crippen molar-refractivity contribution in [3.05, 3.63) is 60.1 Å². The van der Waals surface area contributed by atoms with E-state index >= 15 is 0 Å². The number of rotatable bonds is 4. The van der Waals surface area contributed by atoms with Gasteiger partial charge in [-0.05, 0) is 32.5 Å². The van der Waals surface area contributed by atoms with Gasteiger partial charge in [-0.25, -0.2) is 9.37 Å². The lowest BCUT2D eigenvalue weighted by molar-refractivity contribution is 0.102. The van der Waals surface area contributed by atoms with Crippen LogP contribution in [-0.4, -0.2) is 51.4 Å². The van der Waals surface area contributed by atoms with Crippen LogP contribution in [0.15, 0.2) is 43.0 Å². The van der Waals surface area contributed by atoms with Gasteiger partial charge in [0.2, 0.25) is 0 Å². The lowest BCUT2D eigenvalue weighted by Crippen LogP contribution is -2.29. The van der Waals surface area contributed by atoms with Gasteiger partial charge in [0.05, 0.1) is 22.6 Å². The smallest absolute Gasteiger partial charge is 0.257 e. The number of fused-ring (bicyclic) bond motifs is 2. The van der Waals surface area contributed by atoms with E-state index in [1.807, 2.05) is 13.1 Å². The molecule has 0 spiro atoms. The summed E-state index contributed by atoms with van der Waals surface area (Å²) in [7, 11) is 1.96. The van der Waals surface area contributed by atoms with Gasteiger partial charge < -0.3 is 19.9 Å². The van der Waals surface area contributed by atoms with Gasteiger partial charge in [-0.3, -0.25) is 14.8 Å². The Morgan fingerprint density at radius 1 is 1.19 bits per heavy atom. The van der Waals surface area contributed by atoms with Crippen LogP contribution in [0.4, 0.5) is 15.8 Å². The molecule has 4 heterocycles. The molecule has 8 nitrogen and oxygen atoms in total. The first-order valence-corrected chi connectivity index (χ1v) is 10.2. The van der Waals surface area contributed by atoms with Gasteiger partial charge in [0.15, 0.2) is 11.5 Å². The third-order valence-corrected chi connectivity index (χ3v) is 5.67. The van der Waals surface area contributed by atoms with Gasteiger partial charge in [-0.1, -0.05) is 0 Å². The Hall–Kier alpha value is -3.59. The van der Waals surface area contributed by atoms with Crippen LogP contribution in [0.25, 0.3) is 16.7 Å². The first-order valence-electron chi connectivity index (χ1n) is 10.2. The molecule has 3 aromatic heterocycles. The highest BCUT2D eigenvalue weighted by Crippen LogP contribution is 2.29. The number of likely N-dealkylation sites (N-methyl/N-ethyl adjacent to an activating group) is 1. The number of hydrogen-bond donors (Lipinski definition) is 2. The SMILES string of the molecule is CN[C@@H]1CCN(c2ccc(C(=O)Nc3cc(F)c4nc(C)cn4c3)c3nccnc23)C1. The Balaban J connectivity index is 1.49. The number of nitrogens with zero attached hydrogens (tertiary/aromatic N) is 5. The maximum Gasteiger partial charge on any atom is 0.257 e. The zero-order valence-electron chi connectivity index (χ0n) is 17.3. The molecule has 158 valence electrons. The molecular formula is C22H22FN7O. The van der Waals surface area contributed by atoms with Crippen molar-refractivity contribution in [3.63, 3.8) is 0 Å². The highest BCUT2D eigenvalue weighted by molar-refractivity contribution is 6.13. The topological polar surface area (TPSA) is 87.5 Å². The van der Waals surface area contributed by atoms with Crippen molar-refractivity contribution < 1.29 is 9.18 Å². The van der Waals surface area contributed by atoms with Gasteiger partial charge in [0.1, 0.15) is 11.0 Å². The predicted octanol–water partition coefficient (Wildman–Crippen LogP) is 2.78. The summed E-state index contributed by atoms with van der Waals surface area (Å²) in [5.74, 6) is -0.874. The summed E-state index contributed by atoms with van der Waals surface area (Å²) >= 11 is 0. The number of amides is 1. The number of aryl methyl sites for hydroxylation is 1. The minimum Gasteiger partial charge on any atom is -0.368 e. The molecule has 1 saturated heterocycles. The fraction of sp³-hybridized carbons (Fsp3) is 0.273. The van der Waals surface area contributed by atoms with Crippen molar-refractivity contribution in [2.24, 2.45) is 0 Å². The van der Waals surface area contributed by atoms with Crippen molar-refractivity contribution in [2.75, 3.05) is 30.4 Å². The van der Waals surface area contributed by atoms with Crippen LogP contribution >= 0.6 is 0 Å². The highest BCUT2D eigenvalue weighted by atomic mass is 19.1. The quantitative estimate of drug-likeness (QED) is 0.529. The molecule has 31 heavy (non-hydrogen) atoms. The molecular weight excluding hydrogens is 397 g/mol. The van der Waals surface area contributed by atoms with Crippen molar-refractivity contribution >= 4 is 34.0 Å². The summed E-state index contributed by atoms with van der Waals surface area (Å²) in [5, 5.41) is 6.09. The third kappa shape index (κ3) is 3.46. The summed E-state index contributed by atoms with van der Waals surface area (Å²) < 4.78 is 15.9. The summed E-state index contributed by atoms with van der Waals surface area (Å²) in [4.78, 5) is 28.4. The molecule has 0 unspecified atom stereocenters. The Bertz CT molecular complexity index is 1300.